The van der Waals surface area contributed by atoms with Crippen LogP contribution in [0.5, 0.6) is 0 Å². The van der Waals surface area contributed by atoms with Crippen molar-refractivity contribution in [2.24, 2.45) is 0 Å². The van der Waals surface area contributed by atoms with Crippen molar-refractivity contribution < 1.29 is 5.11 Å². The summed E-state index contributed by atoms with van der Waals surface area (Å²) in [6.45, 7) is 4.67. The summed E-state index contributed by atoms with van der Waals surface area (Å²) in [6, 6.07) is 16.0. The van der Waals surface area contributed by atoms with Crippen molar-refractivity contribution in [3.8, 4) is 0 Å². The van der Waals surface area contributed by atoms with Gasteiger partial charge in [0.15, 0.2) is 0 Å². The lowest BCUT2D eigenvalue weighted by Gasteiger charge is -2.14. The monoisotopic (exact) mass is 241 g/mol. The van der Waals surface area contributed by atoms with Crippen LogP contribution in [0.4, 0.5) is 5.69 Å². The third-order valence-electron chi connectivity index (χ3n) is 2.91. The van der Waals surface area contributed by atoms with Crippen LogP contribution in [-0.4, -0.2) is 11.7 Å². The van der Waals surface area contributed by atoms with Gasteiger partial charge in [-0.25, -0.2) is 0 Å². The van der Waals surface area contributed by atoms with Crippen molar-refractivity contribution in [3.05, 3.63) is 65.2 Å². The Labute approximate surface area is 108 Å². The first-order valence-electron chi connectivity index (χ1n) is 6.20. The Balaban J connectivity index is 1.99. The maximum atomic E-state index is 10.1. The molecule has 0 fully saturated rings. The van der Waals surface area contributed by atoms with Gasteiger partial charge in [0.25, 0.3) is 0 Å². The predicted molar refractivity (Wildman–Crippen MR) is 75.8 cm³/mol. The van der Waals surface area contributed by atoms with Gasteiger partial charge in [-0.05, 0) is 42.7 Å². The van der Waals surface area contributed by atoms with Gasteiger partial charge >= 0.3 is 0 Å². The second-order valence-electron chi connectivity index (χ2n) is 4.68. The SMILES string of the molecule is Cc1cc(C)cc(NCC(O)c2ccccc2)c1. The summed E-state index contributed by atoms with van der Waals surface area (Å²) in [4.78, 5) is 0. The van der Waals surface area contributed by atoms with Crippen molar-refractivity contribution in [2.75, 3.05) is 11.9 Å². The number of nitrogens with one attached hydrogen (secondary N) is 1. The molecule has 1 atom stereocenters. The van der Waals surface area contributed by atoms with Crippen molar-refractivity contribution in [2.45, 2.75) is 20.0 Å². The van der Waals surface area contributed by atoms with Crippen molar-refractivity contribution in [1.29, 1.82) is 0 Å². The largest absolute Gasteiger partial charge is 0.387 e. The van der Waals surface area contributed by atoms with E-state index in [-0.39, 0.29) is 0 Å². The molecule has 1 unspecified atom stereocenters. The Bertz CT molecular complexity index is 488. The van der Waals surface area contributed by atoms with Gasteiger partial charge in [0.2, 0.25) is 0 Å². The van der Waals surface area contributed by atoms with Gasteiger partial charge in [-0.2, -0.15) is 0 Å². The number of aliphatic hydroxyl groups excluding tert-OH is 1. The number of aliphatic hydroxyl groups is 1. The van der Waals surface area contributed by atoms with Crippen LogP contribution in [0.3, 0.4) is 0 Å². The molecule has 0 aromatic heterocycles. The van der Waals surface area contributed by atoms with E-state index < -0.39 is 6.10 Å². The maximum Gasteiger partial charge on any atom is 0.0962 e. The highest BCUT2D eigenvalue weighted by atomic mass is 16.3. The van der Waals surface area contributed by atoms with Crippen molar-refractivity contribution in [1.82, 2.24) is 0 Å². The fourth-order valence-electron chi connectivity index (χ4n) is 2.08. The first-order chi connectivity index (χ1) is 8.65. The van der Waals surface area contributed by atoms with E-state index in [0.29, 0.717) is 6.54 Å². The van der Waals surface area contributed by atoms with Gasteiger partial charge in [-0.15, -0.1) is 0 Å². The van der Waals surface area contributed by atoms with E-state index in [0.717, 1.165) is 11.3 Å². The Morgan fingerprint density at radius 2 is 1.61 bits per heavy atom. The van der Waals surface area contributed by atoms with E-state index in [1.165, 1.54) is 11.1 Å². The van der Waals surface area contributed by atoms with E-state index in [2.05, 4.69) is 37.4 Å². The van der Waals surface area contributed by atoms with E-state index in [1.807, 2.05) is 30.3 Å². The molecule has 2 nitrogen and oxygen atoms in total. The molecule has 0 aliphatic rings. The quantitative estimate of drug-likeness (QED) is 0.859. The number of hydrogen-bond acceptors (Lipinski definition) is 2. The summed E-state index contributed by atoms with van der Waals surface area (Å²) in [5, 5.41) is 13.3. The van der Waals surface area contributed by atoms with Crippen LogP contribution in [0.1, 0.15) is 22.8 Å². The summed E-state index contributed by atoms with van der Waals surface area (Å²) in [6.07, 6.45) is -0.480. The van der Waals surface area contributed by atoms with Crippen LogP contribution in [-0.2, 0) is 0 Å². The Kier molecular flexibility index (Phi) is 4.00. The Morgan fingerprint density at radius 1 is 1.00 bits per heavy atom. The Hall–Kier alpha value is -1.80. The molecule has 0 aliphatic carbocycles. The minimum absolute atomic E-state index is 0.480. The molecule has 0 heterocycles. The molecule has 2 aromatic rings. The van der Waals surface area contributed by atoms with Crippen molar-refractivity contribution >= 4 is 5.69 Å². The fraction of sp³-hybridized carbons (Fsp3) is 0.250. The molecule has 94 valence electrons. The molecular weight excluding hydrogens is 222 g/mol. The van der Waals surface area contributed by atoms with Gasteiger partial charge in [-0.1, -0.05) is 36.4 Å². The third-order valence-corrected chi connectivity index (χ3v) is 2.91. The first-order valence-corrected chi connectivity index (χ1v) is 6.20. The molecule has 0 spiro atoms. The highest BCUT2D eigenvalue weighted by molar-refractivity contribution is 5.48. The molecule has 2 aromatic carbocycles. The zero-order chi connectivity index (χ0) is 13.0. The van der Waals surface area contributed by atoms with Crippen LogP contribution < -0.4 is 5.32 Å². The smallest absolute Gasteiger partial charge is 0.0962 e. The zero-order valence-electron chi connectivity index (χ0n) is 10.9. The molecule has 0 amide bonds. The van der Waals surface area contributed by atoms with Gasteiger partial charge in [0.1, 0.15) is 0 Å². The van der Waals surface area contributed by atoms with E-state index in [4.69, 9.17) is 0 Å². The van der Waals surface area contributed by atoms with E-state index >= 15 is 0 Å². The maximum absolute atomic E-state index is 10.1. The van der Waals surface area contributed by atoms with Gasteiger partial charge in [0, 0.05) is 12.2 Å². The molecule has 2 N–H and O–H groups in total. The number of anilines is 1. The lowest BCUT2D eigenvalue weighted by atomic mass is 10.1. The van der Waals surface area contributed by atoms with Gasteiger partial charge < -0.3 is 10.4 Å². The highest BCUT2D eigenvalue weighted by Gasteiger charge is 2.06. The molecule has 0 saturated heterocycles. The van der Waals surface area contributed by atoms with Crippen LogP contribution >= 0.6 is 0 Å². The summed E-state index contributed by atoms with van der Waals surface area (Å²) in [5.74, 6) is 0. The Morgan fingerprint density at radius 3 is 2.22 bits per heavy atom. The fourth-order valence-corrected chi connectivity index (χ4v) is 2.08. The number of benzene rings is 2. The summed E-state index contributed by atoms with van der Waals surface area (Å²) in [7, 11) is 0. The van der Waals surface area contributed by atoms with Gasteiger partial charge in [-0.3, -0.25) is 0 Å². The molecule has 2 heteroatoms. The molecule has 0 aliphatic heterocycles. The van der Waals surface area contributed by atoms with Crippen molar-refractivity contribution in [3.63, 3.8) is 0 Å². The van der Waals surface area contributed by atoms with Crippen LogP contribution in [0.25, 0.3) is 0 Å². The van der Waals surface area contributed by atoms with Crippen LogP contribution in [0, 0.1) is 13.8 Å². The highest BCUT2D eigenvalue weighted by Crippen LogP contribution is 2.16. The standard InChI is InChI=1S/C16H19NO/c1-12-8-13(2)10-15(9-12)17-11-16(18)14-6-4-3-5-7-14/h3-10,16-18H,11H2,1-2H3. The lowest BCUT2D eigenvalue weighted by Crippen LogP contribution is -2.12. The second kappa shape index (κ2) is 5.69. The van der Waals surface area contributed by atoms with E-state index in [9.17, 15) is 5.11 Å². The molecule has 0 radical (unpaired) electrons. The number of aryl methyl sites for hydroxylation is 2. The average Bonchev–Trinajstić information content (AvgIpc) is 2.36. The third kappa shape index (κ3) is 3.34. The number of hydrogen-bond donors (Lipinski definition) is 2. The van der Waals surface area contributed by atoms with Gasteiger partial charge in [0.05, 0.1) is 6.10 Å². The van der Waals surface area contributed by atoms with E-state index in [1.54, 1.807) is 0 Å². The normalized spacial score (nSPS) is 12.2. The molecule has 0 bridgehead atoms. The van der Waals surface area contributed by atoms with Crippen LogP contribution in [0.15, 0.2) is 48.5 Å². The zero-order valence-corrected chi connectivity index (χ0v) is 10.9. The topological polar surface area (TPSA) is 32.3 Å². The predicted octanol–water partition coefficient (Wildman–Crippen LogP) is 3.45. The molecule has 18 heavy (non-hydrogen) atoms. The average molecular weight is 241 g/mol. The number of rotatable bonds is 4. The minimum atomic E-state index is -0.480. The molecular formula is C16H19NO. The molecule has 0 saturated carbocycles. The lowest BCUT2D eigenvalue weighted by molar-refractivity contribution is 0.191. The van der Waals surface area contributed by atoms with Crippen LogP contribution in [0.2, 0.25) is 0 Å². The first kappa shape index (κ1) is 12.7. The minimum Gasteiger partial charge on any atom is -0.387 e. The second-order valence-corrected chi connectivity index (χ2v) is 4.68. The summed E-state index contributed by atoms with van der Waals surface area (Å²) >= 11 is 0. The summed E-state index contributed by atoms with van der Waals surface area (Å²) < 4.78 is 0. The molecule has 2 rings (SSSR count). The summed E-state index contributed by atoms with van der Waals surface area (Å²) in [5.41, 5.74) is 4.45.